The molecule has 1 heterocycles. The lowest BCUT2D eigenvalue weighted by Gasteiger charge is -2.37. The van der Waals surface area contributed by atoms with Gasteiger partial charge in [0.05, 0.1) is 25.8 Å². The average molecular weight is 343 g/mol. The van der Waals surface area contributed by atoms with Crippen LogP contribution in [0.4, 0.5) is 11.4 Å². The van der Waals surface area contributed by atoms with Crippen LogP contribution in [0.2, 0.25) is 0 Å². The summed E-state index contributed by atoms with van der Waals surface area (Å²) in [7, 11) is 2.06. The van der Waals surface area contributed by atoms with Gasteiger partial charge in [-0.1, -0.05) is 0 Å². The highest BCUT2D eigenvalue weighted by molar-refractivity contribution is 5.94. The number of aromatic hydroxyl groups is 1. The van der Waals surface area contributed by atoms with Crippen LogP contribution >= 0.6 is 0 Å². The van der Waals surface area contributed by atoms with Gasteiger partial charge in [-0.25, -0.2) is 0 Å². The number of carbonyl (C=O) groups is 2. The third-order valence-electron chi connectivity index (χ3n) is 3.77. The number of nitrogens with zero attached hydrogens (tertiary/aromatic N) is 1. The Morgan fingerprint density at radius 3 is 2.48 bits per heavy atom. The van der Waals surface area contributed by atoms with Crippen LogP contribution in [0.1, 0.15) is 6.92 Å². The Labute approximate surface area is 142 Å². The Kier molecular flexibility index (Phi) is 6.80. The summed E-state index contributed by atoms with van der Waals surface area (Å²) in [5, 5.41) is 18.5. The number of rotatable bonds is 4. The number of carbonyl (C=O) groups excluding carboxylic acids is 2. The molecular formula is C15H23ClN4O3. The number of hydrogen-bond acceptors (Lipinski definition) is 4. The lowest BCUT2D eigenvalue weighted by molar-refractivity contribution is -0.903. The van der Waals surface area contributed by atoms with E-state index in [-0.39, 0.29) is 30.0 Å². The number of quaternary nitrogens is 1. The number of nitrogens with one attached hydrogen (secondary N) is 3. The van der Waals surface area contributed by atoms with E-state index in [9.17, 15) is 14.7 Å². The molecule has 1 saturated heterocycles. The monoisotopic (exact) mass is 342 g/mol. The van der Waals surface area contributed by atoms with Crippen molar-refractivity contribution in [2.24, 2.45) is 0 Å². The molecule has 1 aliphatic heterocycles. The van der Waals surface area contributed by atoms with Gasteiger partial charge in [0.15, 0.2) is 6.54 Å². The number of benzene rings is 1. The van der Waals surface area contributed by atoms with E-state index in [1.807, 2.05) is 0 Å². The lowest BCUT2D eigenvalue weighted by atomic mass is 10.2. The van der Waals surface area contributed by atoms with Crippen molar-refractivity contribution in [3.05, 3.63) is 18.2 Å². The Morgan fingerprint density at radius 1 is 1.26 bits per heavy atom. The molecule has 1 fully saturated rings. The number of hydrogen-bond donors (Lipinski definition) is 4. The number of anilines is 2. The van der Waals surface area contributed by atoms with Gasteiger partial charge in [0.1, 0.15) is 5.75 Å². The highest BCUT2D eigenvalue weighted by Crippen LogP contribution is 2.26. The van der Waals surface area contributed by atoms with Gasteiger partial charge in [-0.2, -0.15) is 0 Å². The Balaban J connectivity index is 0.00000264. The molecule has 0 spiro atoms. The van der Waals surface area contributed by atoms with E-state index in [4.69, 9.17) is 0 Å². The quantitative estimate of drug-likeness (QED) is 0.355. The molecule has 1 aromatic rings. The molecule has 0 unspecified atom stereocenters. The largest absolute Gasteiger partial charge is 1.00 e. The molecule has 2 amide bonds. The number of halogens is 1. The van der Waals surface area contributed by atoms with E-state index >= 15 is 0 Å². The van der Waals surface area contributed by atoms with Crippen molar-refractivity contribution in [1.82, 2.24) is 5.32 Å². The average Bonchev–Trinajstić information content (AvgIpc) is 2.41. The van der Waals surface area contributed by atoms with Gasteiger partial charge in [-0.05, 0) is 12.1 Å². The van der Waals surface area contributed by atoms with Crippen molar-refractivity contribution in [1.29, 1.82) is 0 Å². The standard InChI is InChI=1S/C15H22N4O3.ClH/c1-11(20)17-12-3-4-13(14(21)9-12)18-15(22)10-19(2)7-5-16-6-8-19;/h3-4,9,16H,5-8,10H2,1-2H3,(H2-,17,18,20,21,22);1H. The normalized spacial score (nSPS) is 16.1. The Morgan fingerprint density at radius 2 is 1.91 bits per heavy atom. The van der Waals surface area contributed by atoms with E-state index in [1.165, 1.54) is 13.0 Å². The summed E-state index contributed by atoms with van der Waals surface area (Å²) >= 11 is 0. The van der Waals surface area contributed by atoms with Crippen molar-refractivity contribution in [3.8, 4) is 5.75 Å². The zero-order valence-corrected chi connectivity index (χ0v) is 14.1. The second-order valence-corrected chi connectivity index (χ2v) is 5.94. The van der Waals surface area contributed by atoms with Crippen LogP contribution in [-0.2, 0) is 9.59 Å². The molecule has 128 valence electrons. The predicted octanol–water partition coefficient (Wildman–Crippen LogP) is -2.66. The van der Waals surface area contributed by atoms with Crippen LogP contribution in [0.25, 0.3) is 0 Å². The van der Waals surface area contributed by atoms with E-state index in [0.29, 0.717) is 22.4 Å². The summed E-state index contributed by atoms with van der Waals surface area (Å²) in [6.07, 6.45) is 0. The summed E-state index contributed by atoms with van der Waals surface area (Å²) < 4.78 is 0.684. The minimum absolute atomic E-state index is 0. The SMILES string of the molecule is CC(=O)Nc1ccc(NC(=O)C[N+]2(C)CCNCC2)c(O)c1.[Cl-]. The molecule has 4 N–H and O–H groups in total. The first-order valence-corrected chi connectivity index (χ1v) is 7.33. The van der Waals surface area contributed by atoms with Crippen molar-refractivity contribution in [2.75, 3.05) is 50.4 Å². The second kappa shape index (κ2) is 8.14. The van der Waals surface area contributed by atoms with Gasteiger partial charge in [0.25, 0.3) is 5.91 Å². The van der Waals surface area contributed by atoms with Crippen LogP contribution in [0.3, 0.4) is 0 Å². The first kappa shape index (κ1) is 19.2. The van der Waals surface area contributed by atoms with Crippen molar-refractivity contribution >= 4 is 23.2 Å². The molecule has 0 atom stereocenters. The fraction of sp³-hybridized carbons (Fsp3) is 0.467. The molecule has 0 aliphatic carbocycles. The second-order valence-electron chi connectivity index (χ2n) is 5.94. The molecule has 7 nitrogen and oxygen atoms in total. The van der Waals surface area contributed by atoms with E-state index < -0.39 is 0 Å². The maximum Gasteiger partial charge on any atom is 0.279 e. The zero-order chi connectivity index (χ0) is 16.2. The number of amides is 2. The molecule has 8 heteroatoms. The maximum atomic E-state index is 12.2. The Hall–Kier alpha value is -1.83. The van der Waals surface area contributed by atoms with E-state index in [0.717, 1.165) is 26.2 Å². The van der Waals surface area contributed by atoms with Gasteiger partial charge in [0.2, 0.25) is 5.91 Å². The summed E-state index contributed by atoms with van der Waals surface area (Å²) in [5.74, 6) is -0.415. The first-order valence-electron chi connectivity index (χ1n) is 7.33. The predicted molar refractivity (Wildman–Crippen MR) is 84.7 cm³/mol. The van der Waals surface area contributed by atoms with Crippen LogP contribution in [-0.4, -0.2) is 61.2 Å². The summed E-state index contributed by atoms with van der Waals surface area (Å²) in [4.78, 5) is 23.1. The third kappa shape index (κ3) is 5.70. The number of phenolic OH excluding ortho intramolecular Hbond substituents is 1. The fourth-order valence-electron chi connectivity index (χ4n) is 2.55. The van der Waals surface area contributed by atoms with E-state index in [2.05, 4.69) is 23.0 Å². The summed E-state index contributed by atoms with van der Waals surface area (Å²) in [6.45, 7) is 5.38. The number of likely N-dealkylation sites (N-methyl/N-ethyl adjacent to an activating group) is 1. The molecule has 0 aromatic heterocycles. The highest BCUT2D eigenvalue weighted by atomic mass is 35.5. The minimum Gasteiger partial charge on any atom is -1.00 e. The van der Waals surface area contributed by atoms with Crippen LogP contribution in [0, 0.1) is 0 Å². The molecular weight excluding hydrogens is 320 g/mol. The van der Waals surface area contributed by atoms with Gasteiger partial charge < -0.3 is 37.9 Å². The van der Waals surface area contributed by atoms with Crippen LogP contribution < -0.4 is 28.4 Å². The highest BCUT2D eigenvalue weighted by Gasteiger charge is 2.27. The van der Waals surface area contributed by atoms with Crippen molar-refractivity contribution in [2.45, 2.75) is 6.92 Å². The third-order valence-corrected chi connectivity index (χ3v) is 3.77. The van der Waals surface area contributed by atoms with Gasteiger partial charge in [-0.3, -0.25) is 9.59 Å². The summed E-state index contributed by atoms with van der Waals surface area (Å²) in [5.41, 5.74) is 0.838. The molecule has 1 aromatic carbocycles. The smallest absolute Gasteiger partial charge is 0.279 e. The minimum atomic E-state index is -0.215. The van der Waals surface area contributed by atoms with Gasteiger partial charge >= 0.3 is 0 Å². The van der Waals surface area contributed by atoms with Gasteiger partial charge in [0, 0.05) is 31.8 Å². The topological polar surface area (TPSA) is 90.5 Å². The molecule has 2 rings (SSSR count). The first-order chi connectivity index (χ1) is 10.4. The van der Waals surface area contributed by atoms with Gasteiger partial charge in [-0.15, -0.1) is 0 Å². The Bertz CT molecular complexity index is 574. The number of piperazine rings is 1. The molecule has 23 heavy (non-hydrogen) atoms. The van der Waals surface area contributed by atoms with Crippen molar-refractivity contribution < 1.29 is 31.6 Å². The molecule has 1 aliphatic rings. The molecule has 0 saturated carbocycles. The van der Waals surface area contributed by atoms with Crippen LogP contribution in [0.5, 0.6) is 5.75 Å². The fourth-order valence-corrected chi connectivity index (χ4v) is 2.55. The molecule has 0 bridgehead atoms. The van der Waals surface area contributed by atoms with Crippen molar-refractivity contribution in [3.63, 3.8) is 0 Å². The van der Waals surface area contributed by atoms with E-state index in [1.54, 1.807) is 12.1 Å². The van der Waals surface area contributed by atoms with Crippen LogP contribution in [0.15, 0.2) is 18.2 Å². The summed E-state index contributed by atoms with van der Waals surface area (Å²) in [6, 6.07) is 4.63. The number of phenols is 1. The molecule has 0 radical (unpaired) electrons. The maximum absolute atomic E-state index is 12.2. The zero-order valence-electron chi connectivity index (χ0n) is 13.4. The lowest BCUT2D eigenvalue weighted by Crippen LogP contribution is -3.00.